The predicted octanol–water partition coefficient (Wildman–Crippen LogP) is 4.54. The summed E-state index contributed by atoms with van der Waals surface area (Å²) in [4.78, 5) is 25.2. The van der Waals surface area contributed by atoms with Crippen LogP contribution < -0.4 is 4.90 Å². The molecule has 4 nitrogen and oxygen atoms in total. The monoisotopic (exact) mass is 329 g/mol. The summed E-state index contributed by atoms with van der Waals surface area (Å²) in [6, 6.07) is 16.1. The Balaban J connectivity index is 2.04. The molecule has 0 bridgehead atoms. The Morgan fingerprint density at radius 1 is 1.09 bits per heavy atom. The molecule has 5 heteroatoms. The van der Waals surface area contributed by atoms with Crippen LogP contribution in [0.3, 0.4) is 0 Å². The molecule has 0 aromatic heterocycles. The van der Waals surface area contributed by atoms with Gasteiger partial charge in [-0.25, -0.2) is 4.79 Å². The van der Waals surface area contributed by atoms with Crippen LogP contribution in [0.5, 0.6) is 0 Å². The van der Waals surface area contributed by atoms with Gasteiger partial charge >= 0.3 is 6.09 Å². The minimum atomic E-state index is -0.667. The lowest BCUT2D eigenvalue weighted by molar-refractivity contribution is 0.0685. The summed E-state index contributed by atoms with van der Waals surface area (Å²) in [7, 11) is 0. The van der Waals surface area contributed by atoms with E-state index in [1.807, 2.05) is 44.2 Å². The smallest absolute Gasteiger partial charge is 0.415 e. The van der Waals surface area contributed by atoms with Gasteiger partial charge in [-0.05, 0) is 55.3 Å². The van der Waals surface area contributed by atoms with E-state index in [0.29, 0.717) is 11.3 Å². The van der Waals surface area contributed by atoms with Gasteiger partial charge in [0.05, 0.1) is 0 Å². The van der Waals surface area contributed by atoms with E-state index in [1.54, 1.807) is 29.2 Å². The molecule has 0 unspecified atom stereocenters. The highest BCUT2D eigenvalue weighted by molar-refractivity contribution is 6.67. The first-order valence-electron chi connectivity index (χ1n) is 7.27. The molecule has 118 valence electrons. The maximum absolute atomic E-state index is 12.4. The molecule has 1 saturated heterocycles. The van der Waals surface area contributed by atoms with E-state index < -0.39 is 16.9 Å². The molecule has 1 aliphatic rings. The molecule has 0 aliphatic carbocycles. The summed E-state index contributed by atoms with van der Waals surface area (Å²) in [5.41, 5.74) is 1.37. The number of halogens is 1. The molecule has 1 fully saturated rings. The molecule has 3 rings (SSSR count). The van der Waals surface area contributed by atoms with Gasteiger partial charge in [0.2, 0.25) is 0 Å². The Morgan fingerprint density at radius 2 is 1.70 bits per heavy atom. The van der Waals surface area contributed by atoms with Crippen molar-refractivity contribution in [2.45, 2.75) is 25.5 Å². The number of carbonyl (C=O) groups excluding carboxylic acids is 2. The van der Waals surface area contributed by atoms with Gasteiger partial charge in [-0.15, -0.1) is 0 Å². The lowest BCUT2D eigenvalue weighted by Gasteiger charge is -2.29. The third-order valence-electron chi connectivity index (χ3n) is 3.95. The van der Waals surface area contributed by atoms with Gasteiger partial charge in [0.25, 0.3) is 5.24 Å². The first-order valence-corrected chi connectivity index (χ1v) is 7.65. The van der Waals surface area contributed by atoms with E-state index in [1.165, 1.54) is 0 Å². The number of amides is 1. The van der Waals surface area contributed by atoms with Gasteiger partial charge in [0, 0.05) is 11.3 Å². The summed E-state index contributed by atoms with van der Waals surface area (Å²) in [6.07, 6.45) is -0.409. The Hall–Kier alpha value is -2.33. The van der Waals surface area contributed by atoms with Crippen molar-refractivity contribution < 1.29 is 14.3 Å². The third-order valence-corrected chi connectivity index (χ3v) is 4.17. The van der Waals surface area contributed by atoms with Crippen molar-refractivity contribution in [3.63, 3.8) is 0 Å². The van der Waals surface area contributed by atoms with Crippen LogP contribution in [0, 0.1) is 0 Å². The van der Waals surface area contributed by atoms with Crippen molar-refractivity contribution in [1.29, 1.82) is 0 Å². The predicted molar refractivity (Wildman–Crippen MR) is 88.8 cm³/mol. The summed E-state index contributed by atoms with van der Waals surface area (Å²) in [5.74, 6) is 0. The third kappa shape index (κ3) is 2.82. The topological polar surface area (TPSA) is 46.6 Å². The van der Waals surface area contributed by atoms with Crippen molar-refractivity contribution in [3.8, 4) is 0 Å². The van der Waals surface area contributed by atoms with Crippen LogP contribution in [0.25, 0.3) is 0 Å². The maximum Gasteiger partial charge on any atom is 0.415 e. The van der Waals surface area contributed by atoms with Crippen molar-refractivity contribution in [3.05, 3.63) is 65.7 Å². The molecule has 0 spiro atoms. The number of rotatable bonds is 3. The standard InChI is InChI=1S/C18H16ClNO3/c1-18(2)15(12-6-4-3-5-7-12)20(17(22)23-18)14-10-8-13(9-11-14)16(19)21/h3-11,15H,1-2H3/t15-/m0/s1. The van der Waals surface area contributed by atoms with Crippen LogP contribution in [0.1, 0.15) is 35.8 Å². The molecule has 0 N–H and O–H groups in total. The molecule has 0 radical (unpaired) electrons. The highest BCUT2D eigenvalue weighted by Gasteiger charge is 2.49. The number of anilines is 1. The number of ether oxygens (including phenoxy) is 1. The Kier molecular flexibility index (Phi) is 3.86. The van der Waals surface area contributed by atoms with Gasteiger partial charge in [0.1, 0.15) is 11.6 Å². The van der Waals surface area contributed by atoms with Crippen molar-refractivity contribution in [2.75, 3.05) is 4.90 Å². The Bertz CT molecular complexity index is 741. The highest BCUT2D eigenvalue weighted by atomic mass is 35.5. The number of hydrogen-bond acceptors (Lipinski definition) is 3. The number of cyclic esters (lactones) is 1. The molecular weight excluding hydrogens is 314 g/mol. The summed E-state index contributed by atoms with van der Waals surface area (Å²) < 4.78 is 5.55. The van der Waals surface area contributed by atoms with Crippen molar-refractivity contribution in [2.24, 2.45) is 0 Å². The molecule has 2 aromatic rings. The van der Waals surface area contributed by atoms with Crippen molar-refractivity contribution in [1.82, 2.24) is 0 Å². The lowest BCUT2D eigenvalue weighted by Crippen LogP contribution is -2.33. The maximum atomic E-state index is 12.4. The molecular formula is C18H16ClNO3. The molecule has 23 heavy (non-hydrogen) atoms. The molecule has 1 atom stereocenters. The summed E-state index contributed by atoms with van der Waals surface area (Å²) in [5, 5.41) is -0.527. The largest absolute Gasteiger partial charge is 0.441 e. The second-order valence-corrected chi connectivity index (χ2v) is 6.32. The van der Waals surface area contributed by atoms with Crippen LogP contribution in [0.15, 0.2) is 54.6 Å². The van der Waals surface area contributed by atoms with Crippen LogP contribution in [-0.2, 0) is 4.74 Å². The fraction of sp³-hybridized carbons (Fsp3) is 0.222. The lowest BCUT2D eigenvalue weighted by atomic mass is 9.91. The summed E-state index contributed by atoms with van der Waals surface area (Å²) >= 11 is 5.47. The molecule has 2 aromatic carbocycles. The van der Waals surface area contributed by atoms with Crippen LogP contribution in [0.2, 0.25) is 0 Å². The van der Waals surface area contributed by atoms with E-state index >= 15 is 0 Å². The number of benzene rings is 2. The minimum absolute atomic E-state index is 0.256. The zero-order chi connectivity index (χ0) is 16.6. The SMILES string of the molecule is CC1(C)OC(=O)N(c2ccc(C(=O)Cl)cc2)[C@H]1c1ccccc1. The average molecular weight is 330 g/mol. The summed E-state index contributed by atoms with van der Waals surface area (Å²) in [6.45, 7) is 3.78. The zero-order valence-corrected chi connectivity index (χ0v) is 13.6. The number of hydrogen-bond donors (Lipinski definition) is 0. The van der Waals surface area contributed by atoms with Crippen LogP contribution in [0.4, 0.5) is 10.5 Å². The number of nitrogens with zero attached hydrogens (tertiary/aromatic N) is 1. The van der Waals surface area contributed by atoms with E-state index in [9.17, 15) is 9.59 Å². The first-order chi connectivity index (χ1) is 10.9. The van der Waals surface area contributed by atoms with Gasteiger partial charge in [0.15, 0.2) is 0 Å². The molecule has 1 heterocycles. The van der Waals surface area contributed by atoms with Crippen molar-refractivity contribution >= 4 is 28.6 Å². The first kappa shape index (κ1) is 15.6. The van der Waals surface area contributed by atoms with Gasteiger partial charge in [-0.3, -0.25) is 9.69 Å². The van der Waals surface area contributed by atoms with Gasteiger partial charge in [-0.2, -0.15) is 0 Å². The fourth-order valence-electron chi connectivity index (χ4n) is 2.94. The Labute approximate surface area is 139 Å². The van der Waals surface area contributed by atoms with Crippen LogP contribution >= 0.6 is 11.6 Å². The molecule has 1 amide bonds. The van der Waals surface area contributed by atoms with Crippen LogP contribution in [-0.4, -0.2) is 16.9 Å². The van der Waals surface area contributed by atoms with Gasteiger partial charge < -0.3 is 4.74 Å². The van der Waals surface area contributed by atoms with E-state index in [4.69, 9.17) is 16.3 Å². The normalized spacial score (nSPS) is 19.5. The minimum Gasteiger partial charge on any atom is -0.441 e. The fourth-order valence-corrected chi connectivity index (χ4v) is 3.07. The molecule has 0 saturated carbocycles. The van der Waals surface area contributed by atoms with E-state index in [-0.39, 0.29) is 6.04 Å². The highest BCUT2D eigenvalue weighted by Crippen LogP contribution is 2.43. The number of carbonyl (C=O) groups is 2. The average Bonchev–Trinajstić information content (AvgIpc) is 2.77. The quantitative estimate of drug-likeness (QED) is 0.776. The second kappa shape index (κ2) is 5.70. The second-order valence-electron chi connectivity index (χ2n) is 5.98. The Morgan fingerprint density at radius 3 is 2.26 bits per heavy atom. The zero-order valence-electron chi connectivity index (χ0n) is 12.8. The van der Waals surface area contributed by atoms with Gasteiger partial charge in [-0.1, -0.05) is 30.3 Å². The van der Waals surface area contributed by atoms with E-state index in [2.05, 4.69) is 0 Å². The molecule has 1 aliphatic heterocycles. The van der Waals surface area contributed by atoms with E-state index in [0.717, 1.165) is 5.56 Å².